The number of carbonyl (C=O) groups is 2. The summed E-state index contributed by atoms with van der Waals surface area (Å²) in [7, 11) is 0. The molecule has 32 heavy (non-hydrogen) atoms. The summed E-state index contributed by atoms with van der Waals surface area (Å²) in [5, 5.41) is 3.18. The number of hydrogen-bond donors (Lipinski definition) is 1. The minimum atomic E-state index is -0.526. The third-order valence-electron chi connectivity index (χ3n) is 6.38. The lowest BCUT2D eigenvalue weighted by Crippen LogP contribution is -2.50. The maximum absolute atomic E-state index is 13.3. The van der Waals surface area contributed by atoms with E-state index in [9.17, 15) is 9.59 Å². The van der Waals surface area contributed by atoms with Crippen molar-refractivity contribution in [3.63, 3.8) is 0 Å². The Bertz CT molecular complexity index is 925. The second kappa shape index (κ2) is 10.5. The first-order valence-electron chi connectivity index (χ1n) is 11.6. The minimum Gasteiger partial charge on any atom is -0.454 e. The molecule has 6 heteroatoms. The number of nitrogens with zero attached hydrogens (tertiary/aromatic N) is 1. The van der Waals surface area contributed by atoms with Gasteiger partial charge in [0.05, 0.1) is 0 Å². The zero-order valence-electron chi connectivity index (χ0n) is 18.7. The average molecular weight is 437 g/mol. The van der Waals surface area contributed by atoms with Gasteiger partial charge in [-0.3, -0.25) is 9.59 Å². The highest BCUT2D eigenvalue weighted by Gasteiger charge is 2.28. The molecule has 6 nitrogen and oxygen atoms in total. The van der Waals surface area contributed by atoms with Crippen LogP contribution in [0.2, 0.25) is 0 Å². The summed E-state index contributed by atoms with van der Waals surface area (Å²) in [5.74, 6) is 1.36. The lowest BCUT2D eigenvalue weighted by Gasteiger charge is -2.31. The Hall–Kier alpha value is -3.02. The number of hydrogen-bond acceptors (Lipinski definition) is 4. The number of nitrogens with one attached hydrogen (secondary N) is 1. The van der Waals surface area contributed by atoms with Gasteiger partial charge in [0, 0.05) is 19.0 Å². The van der Waals surface area contributed by atoms with Gasteiger partial charge in [0.15, 0.2) is 11.5 Å². The standard InChI is InChI=1S/C26H32N2O4/c1-19(26(30)27-22-10-6-3-7-11-22)28(17-21-8-4-2-5-9-21)25(29)15-13-20-12-14-23-24(16-20)32-18-31-23/h2,4-5,8-9,12,14,16,19,22H,3,6-7,10-11,13,15,17-18H2,1H3,(H,27,30)/t19-/m0/s1. The monoisotopic (exact) mass is 436 g/mol. The first kappa shape index (κ1) is 22.2. The van der Waals surface area contributed by atoms with Crippen molar-refractivity contribution < 1.29 is 19.1 Å². The number of aryl methyl sites for hydroxylation is 1. The van der Waals surface area contributed by atoms with Crippen LogP contribution >= 0.6 is 0 Å². The normalized spacial score (nSPS) is 16.4. The fraction of sp³-hybridized carbons (Fsp3) is 0.462. The van der Waals surface area contributed by atoms with Crippen LogP contribution in [0, 0.1) is 0 Å². The molecule has 1 aliphatic heterocycles. The Kier molecular flexibility index (Phi) is 7.30. The molecule has 1 atom stereocenters. The lowest BCUT2D eigenvalue weighted by molar-refractivity contribution is -0.141. The average Bonchev–Trinajstić information content (AvgIpc) is 3.30. The van der Waals surface area contributed by atoms with E-state index >= 15 is 0 Å². The van der Waals surface area contributed by atoms with Gasteiger partial charge >= 0.3 is 0 Å². The van der Waals surface area contributed by atoms with Crippen LogP contribution in [0.25, 0.3) is 0 Å². The third kappa shape index (κ3) is 5.61. The van der Waals surface area contributed by atoms with Crippen LogP contribution in [-0.4, -0.2) is 35.6 Å². The van der Waals surface area contributed by atoms with Crippen LogP contribution in [0.3, 0.4) is 0 Å². The molecule has 1 fully saturated rings. The largest absolute Gasteiger partial charge is 0.454 e. The fourth-order valence-electron chi connectivity index (χ4n) is 4.42. The summed E-state index contributed by atoms with van der Waals surface area (Å²) in [5.41, 5.74) is 2.03. The summed E-state index contributed by atoms with van der Waals surface area (Å²) in [6, 6.07) is 15.3. The molecule has 2 aromatic carbocycles. The molecule has 1 saturated carbocycles. The van der Waals surface area contributed by atoms with E-state index in [1.165, 1.54) is 6.42 Å². The molecule has 0 unspecified atom stereocenters. The van der Waals surface area contributed by atoms with E-state index < -0.39 is 6.04 Å². The van der Waals surface area contributed by atoms with Crippen LogP contribution < -0.4 is 14.8 Å². The Labute approximate surface area is 189 Å². The van der Waals surface area contributed by atoms with Crippen molar-refractivity contribution >= 4 is 11.8 Å². The number of fused-ring (bicyclic) bond motifs is 1. The van der Waals surface area contributed by atoms with E-state index in [-0.39, 0.29) is 24.6 Å². The molecule has 0 spiro atoms. The van der Waals surface area contributed by atoms with Crippen LogP contribution in [0.4, 0.5) is 0 Å². The number of carbonyl (C=O) groups excluding carboxylic acids is 2. The predicted octanol–water partition coefficient (Wildman–Crippen LogP) is 4.21. The Balaban J connectivity index is 1.42. The first-order chi connectivity index (χ1) is 15.6. The van der Waals surface area contributed by atoms with Crippen molar-refractivity contribution in [2.45, 2.75) is 70.5 Å². The number of amides is 2. The predicted molar refractivity (Wildman–Crippen MR) is 122 cm³/mol. The summed E-state index contributed by atoms with van der Waals surface area (Å²) in [6.45, 7) is 2.48. The van der Waals surface area contributed by atoms with Gasteiger partial charge in [-0.05, 0) is 49.4 Å². The molecular weight excluding hydrogens is 404 g/mol. The first-order valence-corrected chi connectivity index (χ1v) is 11.6. The Morgan fingerprint density at radius 2 is 1.75 bits per heavy atom. The van der Waals surface area contributed by atoms with Gasteiger partial charge in [-0.25, -0.2) is 0 Å². The Morgan fingerprint density at radius 3 is 2.53 bits per heavy atom. The molecule has 0 aromatic heterocycles. The summed E-state index contributed by atoms with van der Waals surface area (Å²) < 4.78 is 10.8. The highest BCUT2D eigenvalue weighted by atomic mass is 16.7. The van der Waals surface area contributed by atoms with Crippen LogP contribution in [-0.2, 0) is 22.6 Å². The van der Waals surface area contributed by atoms with Gasteiger partial charge in [-0.2, -0.15) is 0 Å². The van der Waals surface area contributed by atoms with Crippen molar-refractivity contribution in [1.82, 2.24) is 10.2 Å². The number of ether oxygens (including phenoxy) is 2. The van der Waals surface area contributed by atoms with E-state index in [0.29, 0.717) is 19.4 Å². The molecule has 0 saturated heterocycles. The molecule has 4 rings (SSSR count). The molecule has 0 radical (unpaired) electrons. The van der Waals surface area contributed by atoms with Crippen molar-refractivity contribution in [2.75, 3.05) is 6.79 Å². The highest BCUT2D eigenvalue weighted by molar-refractivity contribution is 5.87. The van der Waals surface area contributed by atoms with E-state index in [2.05, 4.69) is 5.32 Å². The van der Waals surface area contributed by atoms with Crippen molar-refractivity contribution in [2.24, 2.45) is 0 Å². The SMILES string of the molecule is C[C@@H](C(=O)NC1CCCCC1)N(Cc1ccccc1)C(=O)CCc1ccc2c(c1)OCO2. The van der Waals surface area contributed by atoms with E-state index in [0.717, 1.165) is 48.3 Å². The summed E-state index contributed by atoms with van der Waals surface area (Å²) in [6.07, 6.45) is 6.50. The minimum absolute atomic E-state index is 0.0298. The van der Waals surface area contributed by atoms with E-state index in [1.54, 1.807) is 4.90 Å². The Morgan fingerprint density at radius 1 is 1.00 bits per heavy atom. The molecule has 2 aromatic rings. The molecule has 2 aliphatic rings. The summed E-state index contributed by atoms with van der Waals surface area (Å²) in [4.78, 5) is 28.0. The molecule has 1 aliphatic carbocycles. The van der Waals surface area contributed by atoms with Crippen molar-refractivity contribution in [3.8, 4) is 11.5 Å². The highest BCUT2D eigenvalue weighted by Crippen LogP contribution is 2.32. The second-order valence-electron chi connectivity index (χ2n) is 8.71. The fourth-order valence-corrected chi connectivity index (χ4v) is 4.42. The molecule has 1 heterocycles. The van der Waals surface area contributed by atoms with Gasteiger partial charge < -0.3 is 19.7 Å². The maximum Gasteiger partial charge on any atom is 0.242 e. The van der Waals surface area contributed by atoms with Gasteiger partial charge in [0.1, 0.15) is 6.04 Å². The van der Waals surface area contributed by atoms with Crippen LogP contribution in [0.1, 0.15) is 56.6 Å². The third-order valence-corrected chi connectivity index (χ3v) is 6.38. The number of benzene rings is 2. The summed E-state index contributed by atoms with van der Waals surface area (Å²) >= 11 is 0. The lowest BCUT2D eigenvalue weighted by atomic mass is 9.95. The van der Waals surface area contributed by atoms with E-state index in [1.807, 2.05) is 55.5 Å². The zero-order chi connectivity index (χ0) is 22.3. The second-order valence-corrected chi connectivity index (χ2v) is 8.71. The molecule has 170 valence electrons. The van der Waals surface area contributed by atoms with Gasteiger partial charge in [-0.15, -0.1) is 0 Å². The van der Waals surface area contributed by atoms with Gasteiger partial charge in [-0.1, -0.05) is 55.7 Å². The van der Waals surface area contributed by atoms with Crippen molar-refractivity contribution in [1.29, 1.82) is 0 Å². The topological polar surface area (TPSA) is 67.9 Å². The molecular formula is C26H32N2O4. The van der Waals surface area contributed by atoms with Crippen LogP contribution in [0.15, 0.2) is 48.5 Å². The molecule has 1 N–H and O–H groups in total. The van der Waals surface area contributed by atoms with Crippen LogP contribution in [0.5, 0.6) is 11.5 Å². The molecule has 2 amide bonds. The maximum atomic E-state index is 13.3. The zero-order valence-corrected chi connectivity index (χ0v) is 18.7. The van der Waals surface area contributed by atoms with Gasteiger partial charge in [0.25, 0.3) is 0 Å². The quantitative estimate of drug-likeness (QED) is 0.673. The van der Waals surface area contributed by atoms with E-state index in [4.69, 9.17) is 9.47 Å². The molecule has 0 bridgehead atoms. The smallest absolute Gasteiger partial charge is 0.242 e. The van der Waals surface area contributed by atoms with Gasteiger partial charge in [0.2, 0.25) is 18.6 Å². The number of rotatable bonds is 8. The van der Waals surface area contributed by atoms with Crippen molar-refractivity contribution in [3.05, 3.63) is 59.7 Å².